The Bertz CT molecular complexity index is 1060. The van der Waals surface area contributed by atoms with Crippen LogP contribution in [0.25, 0.3) is 0 Å². The fourth-order valence-corrected chi connectivity index (χ4v) is 3.46. The fraction of sp³-hybridized carbons (Fsp3) is 0.278. The van der Waals surface area contributed by atoms with E-state index >= 15 is 0 Å². The van der Waals surface area contributed by atoms with E-state index in [4.69, 9.17) is 14.2 Å². The lowest BCUT2D eigenvalue weighted by Crippen LogP contribution is -2.37. The van der Waals surface area contributed by atoms with Crippen LogP contribution in [0.1, 0.15) is 0 Å². The molecule has 0 atom stereocenters. The molecule has 0 aliphatic carbocycles. The number of rotatable bonds is 9. The number of hydrogen-bond acceptors (Lipinski definition) is 8. The van der Waals surface area contributed by atoms with Gasteiger partial charge >= 0.3 is 0 Å². The molecule has 2 aromatic carbocycles. The van der Waals surface area contributed by atoms with E-state index in [-0.39, 0.29) is 28.6 Å². The first-order valence-electron chi connectivity index (χ1n) is 8.42. The molecular weight excluding hydrogens is 418 g/mol. The van der Waals surface area contributed by atoms with Gasteiger partial charge in [0.1, 0.15) is 12.3 Å². The average Bonchev–Trinajstić information content (AvgIpc) is 2.70. The van der Waals surface area contributed by atoms with Gasteiger partial charge in [0.15, 0.2) is 11.5 Å². The third-order valence-electron chi connectivity index (χ3n) is 4.01. The zero-order chi connectivity index (χ0) is 22.5. The van der Waals surface area contributed by atoms with E-state index in [1.807, 2.05) is 0 Å². The number of non-ortho nitro benzene ring substituents is 1. The number of benzene rings is 2. The van der Waals surface area contributed by atoms with Gasteiger partial charge in [-0.25, -0.2) is 8.42 Å². The highest BCUT2D eigenvalue weighted by Crippen LogP contribution is 2.33. The van der Waals surface area contributed by atoms with Crippen LogP contribution in [0, 0.1) is 10.1 Å². The summed E-state index contributed by atoms with van der Waals surface area (Å²) in [6.45, 7) is -0.583. The molecule has 30 heavy (non-hydrogen) atoms. The van der Waals surface area contributed by atoms with Gasteiger partial charge in [-0.2, -0.15) is 0 Å². The highest BCUT2D eigenvalue weighted by Gasteiger charge is 2.23. The summed E-state index contributed by atoms with van der Waals surface area (Å²) < 4.78 is 40.9. The maximum atomic E-state index is 12.6. The van der Waals surface area contributed by atoms with Gasteiger partial charge < -0.3 is 19.5 Å². The Morgan fingerprint density at radius 1 is 1.03 bits per heavy atom. The van der Waals surface area contributed by atoms with Crippen LogP contribution in [0.2, 0.25) is 0 Å². The standard InChI is InChI=1S/C18H21N3O8S/c1-27-15-7-6-13(21(23)24)9-14(15)19-18(22)11-20(30(4,25)26)12-5-8-16(28-2)17(10-12)29-3/h5-10H,11H2,1-4H3,(H,19,22). The van der Waals surface area contributed by atoms with Crippen LogP contribution in [0.15, 0.2) is 36.4 Å². The quantitative estimate of drug-likeness (QED) is 0.463. The number of sulfonamides is 1. The smallest absolute Gasteiger partial charge is 0.271 e. The van der Waals surface area contributed by atoms with Crippen LogP contribution >= 0.6 is 0 Å². The number of nitrogens with one attached hydrogen (secondary N) is 1. The van der Waals surface area contributed by atoms with E-state index in [1.165, 1.54) is 51.7 Å². The SMILES string of the molecule is COc1ccc([N+](=O)[O-])cc1NC(=O)CN(c1ccc(OC)c(OC)c1)S(C)(=O)=O. The summed E-state index contributed by atoms with van der Waals surface area (Å²) in [6, 6.07) is 8.06. The van der Waals surface area contributed by atoms with Crippen molar-refractivity contribution in [3.63, 3.8) is 0 Å². The highest BCUT2D eigenvalue weighted by atomic mass is 32.2. The number of anilines is 2. The van der Waals surface area contributed by atoms with Gasteiger partial charge in [-0.1, -0.05) is 0 Å². The zero-order valence-corrected chi connectivity index (χ0v) is 17.6. The minimum absolute atomic E-state index is 0.0393. The van der Waals surface area contributed by atoms with Crippen LogP contribution in [0.4, 0.5) is 17.1 Å². The highest BCUT2D eigenvalue weighted by molar-refractivity contribution is 7.92. The van der Waals surface area contributed by atoms with Gasteiger partial charge in [0.25, 0.3) is 5.69 Å². The third kappa shape index (κ3) is 5.29. The molecule has 0 bridgehead atoms. The zero-order valence-electron chi connectivity index (χ0n) is 16.7. The Kier molecular flexibility index (Phi) is 7.06. The van der Waals surface area contributed by atoms with Crippen molar-refractivity contribution in [2.45, 2.75) is 0 Å². The van der Waals surface area contributed by atoms with Crippen molar-refractivity contribution >= 4 is 33.0 Å². The molecule has 2 rings (SSSR count). The van der Waals surface area contributed by atoms with Gasteiger partial charge in [-0.3, -0.25) is 19.2 Å². The number of methoxy groups -OCH3 is 3. The second kappa shape index (κ2) is 9.31. The van der Waals surface area contributed by atoms with Crippen LogP contribution < -0.4 is 23.8 Å². The van der Waals surface area contributed by atoms with Crippen LogP contribution in [0.3, 0.4) is 0 Å². The molecule has 2 aromatic rings. The van der Waals surface area contributed by atoms with E-state index < -0.39 is 27.4 Å². The number of amides is 1. The Hall–Kier alpha value is -3.54. The lowest BCUT2D eigenvalue weighted by molar-refractivity contribution is -0.384. The van der Waals surface area contributed by atoms with Crippen LogP contribution in [-0.2, 0) is 14.8 Å². The van der Waals surface area contributed by atoms with E-state index in [1.54, 1.807) is 0 Å². The van der Waals surface area contributed by atoms with Crippen molar-refractivity contribution in [2.75, 3.05) is 43.8 Å². The fourth-order valence-electron chi connectivity index (χ4n) is 2.61. The first-order valence-corrected chi connectivity index (χ1v) is 10.3. The Morgan fingerprint density at radius 3 is 2.17 bits per heavy atom. The monoisotopic (exact) mass is 439 g/mol. The maximum absolute atomic E-state index is 12.6. The largest absolute Gasteiger partial charge is 0.495 e. The minimum atomic E-state index is -3.85. The number of ether oxygens (including phenoxy) is 3. The molecule has 0 aliphatic rings. The van der Waals surface area contributed by atoms with Crippen molar-refractivity contribution in [2.24, 2.45) is 0 Å². The summed E-state index contributed by atoms with van der Waals surface area (Å²) in [5.74, 6) is 0.130. The molecule has 0 aromatic heterocycles. The van der Waals surface area contributed by atoms with Gasteiger partial charge in [-0.05, 0) is 18.2 Å². The van der Waals surface area contributed by atoms with E-state index in [0.717, 1.165) is 16.6 Å². The predicted molar refractivity (Wildman–Crippen MR) is 110 cm³/mol. The third-order valence-corrected chi connectivity index (χ3v) is 5.15. The molecule has 0 heterocycles. The second-order valence-corrected chi connectivity index (χ2v) is 7.91. The van der Waals surface area contributed by atoms with Gasteiger partial charge in [0, 0.05) is 18.2 Å². The van der Waals surface area contributed by atoms with E-state index in [0.29, 0.717) is 5.75 Å². The van der Waals surface area contributed by atoms with Gasteiger partial charge in [0.2, 0.25) is 15.9 Å². The lowest BCUT2D eigenvalue weighted by Gasteiger charge is -2.23. The molecule has 0 aliphatic heterocycles. The maximum Gasteiger partial charge on any atom is 0.271 e. The molecule has 11 nitrogen and oxygen atoms in total. The number of nitrogens with zero attached hydrogens (tertiary/aromatic N) is 2. The number of carbonyl (C=O) groups is 1. The average molecular weight is 439 g/mol. The topological polar surface area (TPSA) is 137 Å². The van der Waals surface area contributed by atoms with Crippen molar-refractivity contribution in [3.05, 3.63) is 46.5 Å². The molecule has 1 amide bonds. The van der Waals surface area contributed by atoms with Gasteiger partial charge in [-0.15, -0.1) is 0 Å². The van der Waals surface area contributed by atoms with Gasteiger partial charge in [0.05, 0.1) is 43.9 Å². The first kappa shape index (κ1) is 22.7. The van der Waals surface area contributed by atoms with E-state index in [2.05, 4.69) is 5.32 Å². The normalized spacial score (nSPS) is 10.8. The number of hydrogen-bond donors (Lipinski definition) is 1. The second-order valence-electron chi connectivity index (χ2n) is 6.00. The first-order chi connectivity index (χ1) is 14.1. The number of carbonyl (C=O) groups excluding carboxylic acids is 1. The summed E-state index contributed by atoms with van der Waals surface area (Å²) in [7, 11) is 0.319. The Labute approximate surface area is 173 Å². The van der Waals surface area contributed by atoms with E-state index in [9.17, 15) is 23.3 Å². The molecule has 0 fully saturated rings. The summed E-state index contributed by atoms with van der Waals surface area (Å²) in [5, 5.41) is 13.4. The summed E-state index contributed by atoms with van der Waals surface area (Å²) in [5.41, 5.74) is -0.0419. The van der Waals surface area contributed by atoms with Crippen molar-refractivity contribution in [3.8, 4) is 17.2 Å². The minimum Gasteiger partial charge on any atom is -0.495 e. The molecule has 1 N–H and O–H groups in total. The molecule has 0 radical (unpaired) electrons. The summed E-state index contributed by atoms with van der Waals surface area (Å²) >= 11 is 0. The number of nitro groups is 1. The van der Waals surface area contributed by atoms with Crippen LogP contribution in [-0.4, -0.2) is 53.4 Å². The van der Waals surface area contributed by atoms with Crippen LogP contribution in [0.5, 0.6) is 17.2 Å². The lowest BCUT2D eigenvalue weighted by atomic mass is 10.2. The molecular formula is C18H21N3O8S. The summed E-state index contributed by atoms with van der Waals surface area (Å²) in [4.78, 5) is 22.9. The van der Waals surface area contributed by atoms with Crippen molar-refractivity contribution in [1.82, 2.24) is 0 Å². The molecule has 0 saturated heterocycles. The number of nitro benzene ring substituents is 1. The molecule has 0 spiro atoms. The molecule has 162 valence electrons. The van der Waals surface area contributed by atoms with Crippen molar-refractivity contribution in [1.29, 1.82) is 0 Å². The Morgan fingerprint density at radius 2 is 1.63 bits per heavy atom. The Balaban J connectivity index is 2.34. The van der Waals surface area contributed by atoms with Crippen molar-refractivity contribution < 1.29 is 32.3 Å². The molecule has 12 heteroatoms. The molecule has 0 unspecified atom stereocenters. The summed E-state index contributed by atoms with van der Waals surface area (Å²) in [6.07, 6.45) is 0.949. The molecule has 0 saturated carbocycles. The predicted octanol–water partition coefficient (Wildman–Crippen LogP) is 2.03.